The van der Waals surface area contributed by atoms with Crippen molar-refractivity contribution >= 4 is 28.7 Å². The van der Waals surface area contributed by atoms with E-state index in [1.165, 1.54) is 22.5 Å². The van der Waals surface area contributed by atoms with E-state index in [9.17, 15) is 14.7 Å². The first-order chi connectivity index (χ1) is 19.3. The Labute approximate surface area is 236 Å². The molecule has 40 heavy (non-hydrogen) atoms. The van der Waals surface area contributed by atoms with Gasteiger partial charge in [0, 0.05) is 17.2 Å². The van der Waals surface area contributed by atoms with Gasteiger partial charge in [-0.05, 0) is 50.3 Å². The fourth-order valence-corrected chi connectivity index (χ4v) is 4.99. The van der Waals surface area contributed by atoms with Gasteiger partial charge in [0.05, 0.1) is 37.8 Å². The molecule has 1 aliphatic heterocycles. The van der Waals surface area contributed by atoms with Crippen LogP contribution in [0.4, 0.5) is 0 Å². The maximum Gasteiger partial charge on any atom is 0.219 e. The highest BCUT2D eigenvalue weighted by atomic mass is 32.2. The van der Waals surface area contributed by atoms with Crippen LogP contribution in [0.3, 0.4) is 0 Å². The number of methoxy groups -OCH3 is 2. The van der Waals surface area contributed by atoms with Crippen molar-refractivity contribution in [1.29, 1.82) is 0 Å². The monoisotopic (exact) mass is 565 g/mol. The van der Waals surface area contributed by atoms with Crippen molar-refractivity contribution in [1.82, 2.24) is 15.0 Å². The first-order valence-corrected chi connectivity index (χ1v) is 13.4. The SMILES string of the molecule is COc1ccc(/C=C/C(=O)c2ccccc2OCc2cn(CC(O)COC3=C(C)C(=O)SC3C)nn2)c(OC)c1. The normalized spacial score (nSPS) is 15.9. The van der Waals surface area contributed by atoms with Gasteiger partial charge in [-0.25, -0.2) is 4.68 Å². The molecule has 0 saturated carbocycles. The van der Waals surface area contributed by atoms with Gasteiger partial charge in [0.25, 0.3) is 0 Å². The number of ketones is 1. The molecule has 10 nitrogen and oxygen atoms in total. The Morgan fingerprint density at radius 3 is 2.67 bits per heavy atom. The number of hydrogen-bond donors (Lipinski definition) is 1. The molecule has 2 unspecified atom stereocenters. The second-order valence-corrected chi connectivity index (χ2v) is 10.3. The summed E-state index contributed by atoms with van der Waals surface area (Å²) in [4.78, 5) is 24.8. The Bertz CT molecular complexity index is 1430. The molecule has 0 amide bonds. The minimum atomic E-state index is -0.849. The molecule has 2 atom stereocenters. The summed E-state index contributed by atoms with van der Waals surface area (Å²) in [6.07, 6.45) is 3.95. The average molecular weight is 566 g/mol. The zero-order valence-corrected chi connectivity index (χ0v) is 23.5. The Morgan fingerprint density at radius 2 is 1.95 bits per heavy atom. The molecule has 1 aromatic heterocycles. The standard InChI is InChI=1S/C29H31N3O7S/c1-18-28(19(2)40-29(18)35)39-17-22(33)15-32-14-21(30-31-32)16-38-26-8-6-5-7-24(26)25(34)12-10-20-9-11-23(36-3)13-27(20)37-4/h5-14,19,22,33H,15-17H2,1-4H3/b12-10+. The topological polar surface area (TPSA) is 122 Å². The molecule has 3 aromatic rings. The predicted molar refractivity (Wildman–Crippen MR) is 150 cm³/mol. The van der Waals surface area contributed by atoms with Crippen LogP contribution in [-0.4, -0.2) is 63.2 Å². The second-order valence-electron chi connectivity index (χ2n) is 9.02. The van der Waals surface area contributed by atoms with Gasteiger partial charge in [0.2, 0.25) is 5.12 Å². The summed E-state index contributed by atoms with van der Waals surface area (Å²) in [6.45, 7) is 3.89. The summed E-state index contributed by atoms with van der Waals surface area (Å²) in [6, 6.07) is 12.3. The molecule has 0 saturated heterocycles. The largest absolute Gasteiger partial charge is 0.497 e. The van der Waals surface area contributed by atoms with Gasteiger partial charge >= 0.3 is 0 Å². The lowest BCUT2D eigenvalue weighted by Gasteiger charge is -2.15. The van der Waals surface area contributed by atoms with Crippen LogP contribution in [0, 0.1) is 0 Å². The Kier molecular flexibility index (Phi) is 9.62. The van der Waals surface area contributed by atoms with E-state index >= 15 is 0 Å². The van der Waals surface area contributed by atoms with Crippen molar-refractivity contribution in [3.63, 3.8) is 0 Å². The molecule has 0 radical (unpaired) electrons. The van der Waals surface area contributed by atoms with Crippen LogP contribution in [-0.2, 0) is 22.7 Å². The number of benzene rings is 2. The molecule has 0 bridgehead atoms. The molecule has 11 heteroatoms. The van der Waals surface area contributed by atoms with Crippen molar-refractivity contribution in [2.75, 3.05) is 20.8 Å². The van der Waals surface area contributed by atoms with E-state index in [0.29, 0.717) is 39.8 Å². The molecule has 1 N–H and O–H groups in total. The predicted octanol–water partition coefficient (Wildman–Crippen LogP) is 4.08. The quantitative estimate of drug-likeness (QED) is 0.240. The highest BCUT2D eigenvalue weighted by Crippen LogP contribution is 2.34. The van der Waals surface area contributed by atoms with Gasteiger partial charge in [-0.1, -0.05) is 29.1 Å². The summed E-state index contributed by atoms with van der Waals surface area (Å²) in [5.41, 5.74) is 2.24. The van der Waals surface area contributed by atoms with Crippen LogP contribution in [0.15, 0.2) is 66.1 Å². The van der Waals surface area contributed by atoms with Crippen LogP contribution >= 0.6 is 11.8 Å². The molecule has 2 aromatic carbocycles. The molecule has 4 rings (SSSR count). The maximum absolute atomic E-state index is 13.0. The number of nitrogens with zero attached hydrogens (tertiary/aromatic N) is 3. The lowest BCUT2D eigenvalue weighted by Crippen LogP contribution is -2.23. The van der Waals surface area contributed by atoms with Crippen LogP contribution in [0.1, 0.15) is 35.5 Å². The zero-order valence-electron chi connectivity index (χ0n) is 22.7. The number of ether oxygens (including phenoxy) is 4. The summed E-state index contributed by atoms with van der Waals surface area (Å²) in [7, 11) is 3.13. The average Bonchev–Trinajstić information content (AvgIpc) is 3.51. The fraction of sp³-hybridized carbons (Fsp3) is 0.310. The zero-order chi connectivity index (χ0) is 28.6. The van der Waals surface area contributed by atoms with Crippen LogP contribution in [0.2, 0.25) is 0 Å². The van der Waals surface area contributed by atoms with E-state index in [4.69, 9.17) is 18.9 Å². The van der Waals surface area contributed by atoms with E-state index in [1.807, 2.05) is 13.0 Å². The second kappa shape index (κ2) is 13.3. The number of aromatic nitrogens is 3. The van der Waals surface area contributed by atoms with Crippen molar-refractivity contribution in [3.8, 4) is 17.2 Å². The van der Waals surface area contributed by atoms with Crippen molar-refractivity contribution < 1.29 is 33.6 Å². The van der Waals surface area contributed by atoms with Gasteiger partial charge in [-0.15, -0.1) is 5.10 Å². The molecule has 0 fully saturated rings. The van der Waals surface area contributed by atoms with Crippen LogP contribution in [0.5, 0.6) is 17.2 Å². The van der Waals surface area contributed by atoms with Gasteiger partial charge < -0.3 is 24.1 Å². The Hall–Kier alpha value is -4.09. The number of rotatable bonds is 13. The highest BCUT2D eigenvalue weighted by Gasteiger charge is 2.29. The first kappa shape index (κ1) is 28.9. The number of aliphatic hydroxyl groups excluding tert-OH is 1. The molecule has 0 spiro atoms. The van der Waals surface area contributed by atoms with E-state index < -0.39 is 6.10 Å². The lowest BCUT2D eigenvalue weighted by atomic mass is 10.1. The number of thioether (sulfide) groups is 1. The number of allylic oxidation sites excluding steroid dienone is 1. The third kappa shape index (κ3) is 7.10. The highest BCUT2D eigenvalue weighted by molar-refractivity contribution is 8.15. The molecule has 0 aliphatic carbocycles. The number of aliphatic hydroxyl groups is 1. The number of carbonyl (C=O) groups excluding carboxylic acids is 2. The van der Waals surface area contributed by atoms with Crippen LogP contribution < -0.4 is 14.2 Å². The van der Waals surface area contributed by atoms with Gasteiger partial charge in [0.1, 0.15) is 48.0 Å². The van der Waals surface area contributed by atoms with E-state index in [-0.39, 0.29) is 35.9 Å². The molecule has 2 heterocycles. The third-order valence-corrected chi connectivity index (χ3v) is 7.21. The minimum Gasteiger partial charge on any atom is -0.497 e. The van der Waals surface area contributed by atoms with Gasteiger partial charge in [0.15, 0.2) is 5.78 Å². The third-order valence-electron chi connectivity index (χ3n) is 6.13. The van der Waals surface area contributed by atoms with Gasteiger partial charge in [-0.3, -0.25) is 9.59 Å². The number of carbonyl (C=O) groups is 2. The van der Waals surface area contributed by atoms with Crippen molar-refractivity contribution in [2.45, 2.75) is 38.4 Å². The number of hydrogen-bond acceptors (Lipinski definition) is 10. The molecule has 1 aliphatic rings. The van der Waals surface area contributed by atoms with E-state index in [1.54, 1.807) is 69.8 Å². The van der Waals surface area contributed by atoms with E-state index in [0.717, 1.165) is 5.56 Å². The fourth-order valence-electron chi connectivity index (χ4n) is 4.04. The summed E-state index contributed by atoms with van der Waals surface area (Å²) >= 11 is 1.21. The van der Waals surface area contributed by atoms with Gasteiger partial charge in [-0.2, -0.15) is 0 Å². The van der Waals surface area contributed by atoms with Crippen molar-refractivity contribution in [2.24, 2.45) is 0 Å². The summed E-state index contributed by atoms with van der Waals surface area (Å²) < 4.78 is 23.7. The molecule has 210 valence electrons. The molecular weight excluding hydrogens is 534 g/mol. The molecular formula is C29H31N3O7S. The van der Waals surface area contributed by atoms with Crippen LogP contribution in [0.25, 0.3) is 6.08 Å². The summed E-state index contributed by atoms with van der Waals surface area (Å²) in [5, 5.41) is 18.5. The van der Waals surface area contributed by atoms with Crippen molar-refractivity contribution in [3.05, 3.63) is 82.9 Å². The lowest BCUT2D eigenvalue weighted by molar-refractivity contribution is -0.107. The number of para-hydroxylation sites is 1. The smallest absolute Gasteiger partial charge is 0.219 e. The Balaban J connectivity index is 1.34. The minimum absolute atomic E-state index is 0.00493. The first-order valence-electron chi connectivity index (χ1n) is 12.6. The maximum atomic E-state index is 13.0. The van der Waals surface area contributed by atoms with E-state index in [2.05, 4.69) is 10.3 Å². The Morgan fingerprint density at radius 1 is 1.15 bits per heavy atom. The summed E-state index contributed by atoms with van der Waals surface area (Å²) in [5.74, 6) is 2.02.